The lowest BCUT2D eigenvalue weighted by atomic mass is 9.69. The second kappa shape index (κ2) is 6.74. The first-order valence-electron chi connectivity index (χ1n) is 9.43. The first kappa shape index (κ1) is 20.1. The molecule has 0 aliphatic heterocycles. The highest BCUT2D eigenvalue weighted by Gasteiger charge is 2.38. The van der Waals surface area contributed by atoms with Crippen LogP contribution in [-0.2, 0) is 23.8 Å². The third-order valence-electron chi connectivity index (χ3n) is 5.46. The number of hydrogen-bond acceptors (Lipinski definition) is 4. The Hall–Kier alpha value is -1.66. The first-order valence-corrected chi connectivity index (χ1v) is 10.5. The highest BCUT2D eigenvalue weighted by molar-refractivity contribution is 7.91. The number of aryl methyl sites for hydroxylation is 1. The lowest BCUT2D eigenvalue weighted by molar-refractivity contribution is 0.248. The van der Waals surface area contributed by atoms with E-state index in [9.17, 15) is 9.35 Å². The molecule has 1 aliphatic rings. The van der Waals surface area contributed by atoms with Crippen molar-refractivity contribution in [3.05, 3.63) is 39.4 Å². The largest absolute Gasteiger partial charge is 0.591 e. The molecule has 1 aromatic carbocycles. The number of fused-ring (bicyclic) bond motifs is 1. The molecule has 1 atom stereocenters. The fourth-order valence-electron chi connectivity index (χ4n) is 3.58. The second-order valence-corrected chi connectivity index (χ2v) is 10.9. The molecule has 1 saturated carbocycles. The van der Waals surface area contributed by atoms with Crippen molar-refractivity contribution in [2.24, 2.45) is 11.4 Å². The van der Waals surface area contributed by atoms with Gasteiger partial charge in [0.15, 0.2) is 0 Å². The maximum Gasteiger partial charge on any atom is 0.261 e. The Kier molecular flexibility index (Phi) is 5.02. The van der Waals surface area contributed by atoms with Gasteiger partial charge in [0.25, 0.3) is 5.56 Å². The molecule has 2 aromatic rings. The molecule has 1 fully saturated rings. The van der Waals surface area contributed by atoms with E-state index in [1.54, 1.807) is 4.57 Å². The SMILES string of the molecule is CC(=N[S@+]([O-])C(C)(C)C)c1cc(C)cc2c(=O)n(C)c(C3(C)CCC3)nc12. The smallest absolute Gasteiger partial charge is 0.261 e. The summed E-state index contributed by atoms with van der Waals surface area (Å²) in [4.78, 5) is 18.0. The van der Waals surface area contributed by atoms with Gasteiger partial charge in [-0.2, -0.15) is 0 Å². The Morgan fingerprint density at radius 1 is 1.33 bits per heavy atom. The van der Waals surface area contributed by atoms with Crippen molar-refractivity contribution >= 4 is 28.0 Å². The number of nitrogens with zero attached hydrogens (tertiary/aromatic N) is 3. The van der Waals surface area contributed by atoms with Crippen LogP contribution in [-0.4, -0.2) is 24.6 Å². The topological polar surface area (TPSA) is 70.3 Å². The van der Waals surface area contributed by atoms with Crippen LogP contribution in [0.4, 0.5) is 0 Å². The standard InChI is InChI=1S/C21H29N3O2S/c1-13-11-15(14(2)23-27(26)20(3,4)5)17-16(12-13)18(25)24(7)19(22-17)21(6)9-8-10-21/h11-12H,8-10H2,1-7H3/t27-/m1/s1. The molecule has 146 valence electrons. The molecular weight excluding hydrogens is 358 g/mol. The molecule has 0 unspecified atom stereocenters. The number of aromatic nitrogens is 2. The van der Waals surface area contributed by atoms with Crippen molar-refractivity contribution in [2.45, 2.75) is 71.0 Å². The Bertz CT molecular complexity index is 982. The van der Waals surface area contributed by atoms with E-state index in [1.807, 2.05) is 53.8 Å². The predicted molar refractivity (Wildman–Crippen MR) is 113 cm³/mol. The molecule has 1 heterocycles. The van der Waals surface area contributed by atoms with Gasteiger partial charge in [-0.25, -0.2) is 4.98 Å². The fourth-order valence-corrected chi connectivity index (χ4v) is 4.20. The Balaban J connectivity index is 2.27. The van der Waals surface area contributed by atoms with Crippen LogP contribution in [0.15, 0.2) is 21.3 Å². The van der Waals surface area contributed by atoms with Crippen LogP contribution in [0.5, 0.6) is 0 Å². The van der Waals surface area contributed by atoms with Crippen LogP contribution in [0.25, 0.3) is 10.9 Å². The molecular formula is C21H29N3O2S. The summed E-state index contributed by atoms with van der Waals surface area (Å²) in [7, 11) is 1.81. The van der Waals surface area contributed by atoms with Gasteiger partial charge in [-0.1, -0.05) is 17.7 Å². The number of hydrogen-bond donors (Lipinski definition) is 0. The van der Waals surface area contributed by atoms with Gasteiger partial charge in [0.1, 0.15) is 21.9 Å². The van der Waals surface area contributed by atoms with E-state index in [0.717, 1.165) is 36.2 Å². The number of rotatable bonds is 3. The predicted octanol–water partition coefficient (Wildman–Crippen LogP) is 3.95. The summed E-state index contributed by atoms with van der Waals surface area (Å²) in [5.74, 6) is 0.834. The molecule has 0 amide bonds. The van der Waals surface area contributed by atoms with Crippen LogP contribution in [0, 0.1) is 6.92 Å². The summed E-state index contributed by atoms with van der Waals surface area (Å²) in [6.45, 7) is 11.7. The van der Waals surface area contributed by atoms with Crippen LogP contribution in [0.1, 0.15) is 70.8 Å². The van der Waals surface area contributed by atoms with Gasteiger partial charge >= 0.3 is 0 Å². The van der Waals surface area contributed by atoms with Gasteiger partial charge in [0.2, 0.25) is 0 Å². The van der Waals surface area contributed by atoms with E-state index in [-0.39, 0.29) is 11.0 Å². The molecule has 1 aromatic heterocycles. The minimum atomic E-state index is -1.36. The van der Waals surface area contributed by atoms with Crippen LogP contribution in [0.2, 0.25) is 0 Å². The molecule has 0 N–H and O–H groups in total. The summed E-state index contributed by atoms with van der Waals surface area (Å²) in [5.41, 5.74) is 3.00. The molecule has 3 rings (SSSR count). The van der Waals surface area contributed by atoms with Crippen LogP contribution < -0.4 is 5.56 Å². The minimum absolute atomic E-state index is 0.0298. The van der Waals surface area contributed by atoms with E-state index in [2.05, 4.69) is 11.3 Å². The van der Waals surface area contributed by atoms with Crippen molar-refractivity contribution in [1.29, 1.82) is 0 Å². The quantitative estimate of drug-likeness (QED) is 0.591. The van der Waals surface area contributed by atoms with E-state index in [1.165, 1.54) is 0 Å². The van der Waals surface area contributed by atoms with Crippen molar-refractivity contribution in [2.75, 3.05) is 0 Å². The van der Waals surface area contributed by atoms with Crippen molar-refractivity contribution < 1.29 is 4.55 Å². The van der Waals surface area contributed by atoms with Gasteiger partial charge in [-0.3, -0.25) is 9.36 Å². The summed E-state index contributed by atoms with van der Waals surface area (Å²) in [6.07, 6.45) is 3.25. The molecule has 27 heavy (non-hydrogen) atoms. The first-order chi connectivity index (χ1) is 12.4. The van der Waals surface area contributed by atoms with E-state index < -0.39 is 16.1 Å². The van der Waals surface area contributed by atoms with Crippen molar-refractivity contribution in [3.63, 3.8) is 0 Å². The van der Waals surface area contributed by atoms with Gasteiger partial charge in [0, 0.05) is 18.0 Å². The lowest BCUT2D eigenvalue weighted by Gasteiger charge is -2.38. The average Bonchev–Trinajstić information content (AvgIpc) is 2.54. The van der Waals surface area contributed by atoms with Gasteiger partial charge in [-0.05, 0) is 65.2 Å². The summed E-state index contributed by atoms with van der Waals surface area (Å²) in [6, 6.07) is 3.87. The zero-order chi connectivity index (χ0) is 20.1. The van der Waals surface area contributed by atoms with Crippen LogP contribution >= 0.6 is 0 Å². The zero-order valence-electron chi connectivity index (χ0n) is 17.3. The molecule has 1 aliphatic carbocycles. The van der Waals surface area contributed by atoms with E-state index >= 15 is 0 Å². The lowest BCUT2D eigenvalue weighted by Crippen LogP contribution is -2.38. The molecule has 0 bridgehead atoms. The Morgan fingerprint density at radius 3 is 2.48 bits per heavy atom. The molecule has 5 nitrogen and oxygen atoms in total. The highest BCUT2D eigenvalue weighted by atomic mass is 32.2. The van der Waals surface area contributed by atoms with E-state index in [0.29, 0.717) is 16.6 Å². The summed E-state index contributed by atoms with van der Waals surface area (Å²) >= 11 is -1.36. The summed E-state index contributed by atoms with van der Waals surface area (Å²) in [5, 5.41) is 0.593. The fraction of sp³-hybridized carbons (Fsp3) is 0.571. The van der Waals surface area contributed by atoms with Gasteiger partial charge in [0.05, 0.1) is 16.6 Å². The number of benzene rings is 1. The Morgan fingerprint density at radius 2 is 1.96 bits per heavy atom. The van der Waals surface area contributed by atoms with Crippen molar-refractivity contribution in [1.82, 2.24) is 9.55 Å². The second-order valence-electron chi connectivity index (χ2n) is 8.96. The molecule has 0 saturated heterocycles. The Labute approximate surface area is 164 Å². The van der Waals surface area contributed by atoms with Gasteiger partial charge < -0.3 is 4.55 Å². The molecule has 0 radical (unpaired) electrons. The minimum Gasteiger partial charge on any atom is -0.591 e. The third kappa shape index (κ3) is 3.57. The zero-order valence-corrected chi connectivity index (χ0v) is 18.2. The van der Waals surface area contributed by atoms with Crippen molar-refractivity contribution in [3.8, 4) is 0 Å². The van der Waals surface area contributed by atoms with Crippen LogP contribution in [0.3, 0.4) is 0 Å². The molecule has 6 heteroatoms. The normalized spacial score (nSPS) is 18.4. The highest BCUT2D eigenvalue weighted by Crippen LogP contribution is 2.42. The average molecular weight is 388 g/mol. The molecule has 0 spiro atoms. The summed E-state index contributed by atoms with van der Waals surface area (Å²) < 4.78 is 18.2. The van der Waals surface area contributed by atoms with Gasteiger partial charge in [-0.15, -0.1) is 0 Å². The maximum absolute atomic E-state index is 13.1. The van der Waals surface area contributed by atoms with E-state index in [4.69, 9.17) is 4.98 Å². The maximum atomic E-state index is 13.1. The third-order valence-corrected chi connectivity index (χ3v) is 6.94. The monoisotopic (exact) mass is 387 g/mol.